The molecule has 0 unspecified atom stereocenters. The van der Waals surface area contributed by atoms with Crippen molar-refractivity contribution in [1.82, 2.24) is 24.7 Å². The summed E-state index contributed by atoms with van der Waals surface area (Å²) in [6, 6.07) is 20.8. The maximum atomic E-state index is 14.0. The Bertz CT molecular complexity index is 1650. The smallest absolute Gasteiger partial charge is 0.234 e. The highest BCUT2D eigenvalue weighted by Crippen LogP contribution is 2.34. The summed E-state index contributed by atoms with van der Waals surface area (Å²) in [7, 11) is 0. The summed E-state index contributed by atoms with van der Waals surface area (Å²) in [6.07, 6.45) is 3.33. The van der Waals surface area contributed by atoms with E-state index >= 15 is 0 Å². The SMILES string of the molecule is O=C(CSc1nnc(C2CCN(c3ncnc4ccccc34)CC2)n1-c1ccccc1)Nc1ccc(F)cc1F. The van der Waals surface area contributed by atoms with Crippen molar-refractivity contribution in [3.8, 4) is 5.69 Å². The number of para-hydroxylation sites is 2. The lowest BCUT2D eigenvalue weighted by molar-refractivity contribution is -0.113. The van der Waals surface area contributed by atoms with Crippen LogP contribution >= 0.6 is 11.8 Å². The monoisotopic (exact) mass is 557 g/mol. The Hall–Kier alpha value is -4.38. The van der Waals surface area contributed by atoms with Crippen LogP contribution in [0.15, 0.2) is 84.3 Å². The summed E-state index contributed by atoms with van der Waals surface area (Å²) >= 11 is 1.22. The maximum Gasteiger partial charge on any atom is 0.234 e. The molecule has 8 nitrogen and oxygen atoms in total. The number of carbonyl (C=O) groups excluding carboxylic acids is 1. The molecule has 0 atom stereocenters. The lowest BCUT2D eigenvalue weighted by atomic mass is 9.95. The van der Waals surface area contributed by atoms with E-state index in [4.69, 9.17) is 0 Å². The molecule has 3 aromatic carbocycles. The van der Waals surface area contributed by atoms with Crippen molar-refractivity contribution in [3.05, 3.63) is 96.6 Å². The van der Waals surface area contributed by atoms with Gasteiger partial charge in [0.05, 0.1) is 17.0 Å². The van der Waals surface area contributed by atoms with E-state index in [2.05, 4.69) is 30.4 Å². The Morgan fingerprint density at radius 2 is 1.73 bits per heavy atom. The highest BCUT2D eigenvalue weighted by Gasteiger charge is 2.28. The molecule has 0 bridgehead atoms. The number of anilines is 2. The predicted octanol–water partition coefficient (Wildman–Crippen LogP) is 5.60. The van der Waals surface area contributed by atoms with Gasteiger partial charge in [0, 0.05) is 36.1 Å². The van der Waals surface area contributed by atoms with Crippen LogP contribution in [-0.2, 0) is 4.79 Å². The van der Waals surface area contributed by atoms with E-state index in [0.717, 1.165) is 66.3 Å². The Labute approximate surface area is 233 Å². The summed E-state index contributed by atoms with van der Waals surface area (Å²) in [4.78, 5) is 23.8. The molecule has 1 amide bonds. The van der Waals surface area contributed by atoms with Gasteiger partial charge in [-0.25, -0.2) is 18.7 Å². The van der Waals surface area contributed by atoms with Crippen LogP contribution in [-0.4, -0.2) is 49.5 Å². The predicted molar refractivity (Wildman–Crippen MR) is 151 cm³/mol. The number of halogens is 2. The van der Waals surface area contributed by atoms with E-state index in [-0.39, 0.29) is 17.4 Å². The Morgan fingerprint density at radius 1 is 0.950 bits per heavy atom. The fourth-order valence-electron chi connectivity index (χ4n) is 4.96. The van der Waals surface area contributed by atoms with Crippen LogP contribution in [0.25, 0.3) is 16.6 Å². The molecule has 0 spiro atoms. The molecular formula is C29H25F2N7OS. The molecular weight excluding hydrogens is 532 g/mol. The van der Waals surface area contributed by atoms with Gasteiger partial charge in [0.2, 0.25) is 5.91 Å². The average Bonchev–Trinajstić information content (AvgIpc) is 3.42. The molecule has 11 heteroatoms. The fraction of sp³-hybridized carbons (Fsp3) is 0.207. The van der Waals surface area contributed by atoms with E-state index < -0.39 is 17.5 Å². The fourth-order valence-corrected chi connectivity index (χ4v) is 5.72. The van der Waals surface area contributed by atoms with Gasteiger partial charge in [0.15, 0.2) is 5.16 Å². The molecule has 1 saturated heterocycles. The molecule has 1 N–H and O–H groups in total. The standard InChI is InChI=1S/C29H25F2N7OS/c30-20-10-11-25(23(31)16-20)34-26(39)17-40-29-36-35-27(38(29)21-6-2-1-3-7-21)19-12-14-37(15-13-19)28-22-8-4-5-9-24(22)32-18-33-28/h1-11,16,18-19H,12-15,17H2,(H,34,39). The van der Waals surface area contributed by atoms with Crippen molar-refractivity contribution in [2.24, 2.45) is 0 Å². The van der Waals surface area contributed by atoms with Crippen molar-refractivity contribution < 1.29 is 13.6 Å². The Balaban J connectivity index is 1.19. The van der Waals surface area contributed by atoms with Crippen LogP contribution in [0, 0.1) is 11.6 Å². The van der Waals surface area contributed by atoms with Crippen LogP contribution in [0.4, 0.5) is 20.3 Å². The summed E-state index contributed by atoms with van der Waals surface area (Å²) < 4.78 is 29.2. The number of nitrogens with zero attached hydrogens (tertiary/aromatic N) is 6. The number of benzene rings is 3. The number of nitrogens with one attached hydrogen (secondary N) is 1. The molecule has 6 rings (SSSR count). The molecule has 1 aliphatic heterocycles. The summed E-state index contributed by atoms with van der Waals surface area (Å²) in [5, 5.41) is 13.1. The van der Waals surface area contributed by atoms with Crippen LogP contribution in [0.3, 0.4) is 0 Å². The second-order valence-electron chi connectivity index (χ2n) is 9.45. The first-order chi connectivity index (χ1) is 19.6. The molecule has 0 aliphatic carbocycles. The molecule has 0 radical (unpaired) electrons. The topological polar surface area (TPSA) is 88.8 Å². The minimum absolute atomic E-state index is 0.0129. The molecule has 2 aromatic heterocycles. The van der Waals surface area contributed by atoms with Gasteiger partial charge < -0.3 is 10.2 Å². The van der Waals surface area contributed by atoms with Crippen molar-refractivity contribution in [1.29, 1.82) is 0 Å². The zero-order valence-corrected chi connectivity index (χ0v) is 22.2. The number of carbonyl (C=O) groups is 1. The van der Waals surface area contributed by atoms with Gasteiger partial charge in [-0.3, -0.25) is 9.36 Å². The zero-order valence-electron chi connectivity index (χ0n) is 21.4. The lowest BCUT2D eigenvalue weighted by Gasteiger charge is -2.33. The van der Waals surface area contributed by atoms with E-state index in [1.807, 2.05) is 59.2 Å². The third-order valence-electron chi connectivity index (χ3n) is 6.89. The van der Waals surface area contributed by atoms with Gasteiger partial charge in [-0.05, 0) is 49.2 Å². The first kappa shape index (κ1) is 25.9. The number of piperidine rings is 1. The number of rotatable bonds is 7. The molecule has 3 heterocycles. The van der Waals surface area contributed by atoms with Gasteiger partial charge in [0.25, 0.3) is 0 Å². The summed E-state index contributed by atoms with van der Waals surface area (Å²) in [5.74, 6) is -0.0296. The van der Waals surface area contributed by atoms with Gasteiger partial charge in [-0.1, -0.05) is 42.1 Å². The van der Waals surface area contributed by atoms with Crippen LogP contribution in [0.2, 0.25) is 0 Å². The number of aromatic nitrogens is 5. The van der Waals surface area contributed by atoms with Crippen LogP contribution in [0.1, 0.15) is 24.6 Å². The number of hydrogen-bond acceptors (Lipinski definition) is 7. The van der Waals surface area contributed by atoms with E-state index in [1.54, 1.807) is 6.33 Å². The number of fused-ring (bicyclic) bond motifs is 1. The van der Waals surface area contributed by atoms with E-state index in [1.165, 1.54) is 17.8 Å². The summed E-state index contributed by atoms with van der Waals surface area (Å²) in [6.45, 7) is 1.61. The number of amides is 1. The molecule has 1 fully saturated rings. The van der Waals surface area contributed by atoms with Crippen molar-refractivity contribution in [2.75, 3.05) is 29.1 Å². The largest absolute Gasteiger partial charge is 0.356 e. The van der Waals surface area contributed by atoms with Crippen molar-refractivity contribution in [3.63, 3.8) is 0 Å². The zero-order chi connectivity index (χ0) is 27.5. The third-order valence-corrected chi connectivity index (χ3v) is 7.82. The molecule has 40 heavy (non-hydrogen) atoms. The first-order valence-corrected chi connectivity index (χ1v) is 13.9. The van der Waals surface area contributed by atoms with Crippen LogP contribution < -0.4 is 10.2 Å². The van der Waals surface area contributed by atoms with E-state index in [0.29, 0.717) is 5.16 Å². The minimum Gasteiger partial charge on any atom is -0.356 e. The number of thioether (sulfide) groups is 1. The van der Waals surface area contributed by atoms with Crippen molar-refractivity contribution in [2.45, 2.75) is 23.9 Å². The van der Waals surface area contributed by atoms with Gasteiger partial charge >= 0.3 is 0 Å². The molecule has 1 aliphatic rings. The van der Waals surface area contributed by atoms with E-state index in [9.17, 15) is 13.6 Å². The quantitative estimate of drug-likeness (QED) is 0.261. The maximum absolute atomic E-state index is 14.0. The highest BCUT2D eigenvalue weighted by atomic mass is 32.2. The third kappa shape index (κ3) is 5.37. The normalized spacial score (nSPS) is 14.0. The molecule has 202 valence electrons. The van der Waals surface area contributed by atoms with Gasteiger partial charge in [-0.15, -0.1) is 10.2 Å². The van der Waals surface area contributed by atoms with Crippen LogP contribution in [0.5, 0.6) is 0 Å². The van der Waals surface area contributed by atoms with Gasteiger partial charge in [-0.2, -0.15) is 0 Å². The molecule has 0 saturated carbocycles. The summed E-state index contributed by atoms with van der Waals surface area (Å²) in [5.41, 5.74) is 1.76. The lowest BCUT2D eigenvalue weighted by Crippen LogP contribution is -2.34. The van der Waals surface area contributed by atoms with Gasteiger partial charge in [0.1, 0.15) is 29.6 Å². The van der Waals surface area contributed by atoms with Crippen molar-refractivity contribution >= 4 is 40.1 Å². The minimum atomic E-state index is -0.825. The number of hydrogen-bond donors (Lipinski definition) is 1. The second kappa shape index (κ2) is 11.4. The highest BCUT2D eigenvalue weighted by molar-refractivity contribution is 7.99. The second-order valence-corrected chi connectivity index (χ2v) is 10.4. The Kier molecular flexibility index (Phi) is 7.37. The first-order valence-electron chi connectivity index (χ1n) is 12.9. The molecule has 5 aromatic rings. The average molecular weight is 558 g/mol. The Morgan fingerprint density at radius 3 is 2.52 bits per heavy atom.